The van der Waals surface area contributed by atoms with Crippen LogP contribution in [0.2, 0.25) is 5.02 Å². The summed E-state index contributed by atoms with van der Waals surface area (Å²) in [5.41, 5.74) is 6.06. The molecular formula is C13H16ClF2N. The van der Waals surface area contributed by atoms with Crippen molar-refractivity contribution < 1.29 is 8.78 Å². The van der Waals surface area contributed by atoms with Crippen LogP contribution in [0.4, 0.5) is 8.78 Å². The van der Waals surface area contributed by atoms with Gasteiger partial charge in [0, 0.05) is 24.4 Å². The van der Waals surface area contributed by atoms with Crippen LogP contribution in [0.25, 0.3) is 0 Å². The van der Waals surface area contributed by atoms with Crippen LogP contribution in [0.15, 0.2) is 18.2 Å². The number of hydrogen-bond donors (Lipinski definition) is 1. The molecule has 1 aliphatic rings. The van der Waals surface area contributed by atoms with Crippen LogP contribution in [0.1, 0.15) is 37.3 Å². The predicted octanol–water partition coefficient (Wildman–Crippen LogP) is 3.83. The van der Waals surface area contributed by atoms with Crippen LogP contribution in [0.3, 0.4) is 0 Å². The van der Waals surface area contributed by atoms with Crippen molar-refractivity contribution in [2.45, 2.75) is 37.5 Å². The van der Waals surface area contributed by atoms with Crippen LogP contribution < -0.4 is 5.73 Å². The Labute approximate surface area is 105 Å². The highest BCUT2D eigenvalue weighted by molar-refractivity contribution is 6.31. The molecule has 94 valence electrons. The SMILES string of the molecule is CC(F)(F)c1c(Cl)cccc1C1(CN)CCC1. The Morgan fingerprint density at radius 3 is 2.47 bits per heavy atom. The number of rotatable bonds is 3. The van der Waals surface area contributed by atoms with E-state index in [1.165, 1.54) is 6.07 Å². The molecule has 0 radical (unpaired) electrons. The van der Waals surface area contributed by atoms with Gasteiger partial charge in [-0.1, -0.05) is 30.2 Å². The van der Waals surface area contributed by atoms with E-state index in [0.29, 0.717) is 12.1 Å². The van der Waals surface area contributed by atoms with Gasteiger partial charge >= 0.3 is 0 Å². The minimum absolute atomic E-state index is 0.0492. The average molecular weight is 260 g/mol. The molecule has 2 rings (SSSR count). The van der Waals surface area contributed by atoms with Gasteiger partial charge in [0.15, 0.2) is 0 Å². The van der Waals surface area contributed by atoms with Crippen LogP contribution in [-0.2, 0) is 11.3 Å². The zero-order valence-corrected chi connectivity index (χ0v) is 10.5. The van der Waals surface area contributed by atoms with Crippen LogP contribution in [0.5, 0.6) is 0 Å². The van der Waals surface area contributed by atoms with Crippen molar-refractivity contribution in [3.8, 4) is 0 Å². The number of halogens is 3. The van der Waals surface area contributed by atoms with E-state index in [9.17, 15) is 8.78 Å². The van der Waals surface area contributed by atoms with E-state index in [2.05, 4.69) is 0 Å². The molecule has 0 heterocycles. The Bertz CT molecular complexity index is 416. The van der Waals surface area contributed by atoms with Gasteiger partial charge in [-0.25, -0.2) is 8.78 Å². The molecule has 1 nitrogen and oxygen atoms in total. The second kappa shape index (κ2) is 4.21. The fourth-order valence-electron chi connectivity index (χ4n) is 2.60. The Hall–Kier alpha value is -0.670. The number of hydrogen-bond acceptors (Lipinski definition) is 1. The zero-order valence-electron chi connectivity index (χ0n) is 9.77. The molecule has 0 saturated heterocycles. The van der Waals surface area contributed by atoms with Crippen molar-refractivity contribution in [3.63, 3.8) is 0 Å². The standard InChI is InChI=1S/C13H16ClF2N/c1-12(15,16)11-9(4-2-5-10(11)14)13(8-17)6-3-7-13/h2,4-5H,3,6-8,17H2,1H3. The highest BCUT2D eigenvalue weighted by Gasteiger charge is 2.43. The highest BCUT2D eigenvalue weighted by Crippen LogP contribution is 2.48. The summed E-state index contributed by atoms with van der Waals surface area (Å²) < 4.78 is 27.4. The fourth-order valence-corrected chi connectivity index (χ4v) is 2.94. The van der Waals surface area contributed by atoms with Crippen molar-refractivity contribution in [3.05, 3.63) is 34.3 Å². The smallest absolute Gasteiger partial charge is 0.272 e. The van der Waals surface area contributed by atoms with Gasteiger partial charge in [0.2, 0.25) is 0 Å². The fraction of sp³-hybridized carbons (Fsp3) is 0.538. The van der Waals surface area contributed by atoms with E-state index >= 15 is 0 Å². The lowest BCUT2D eigenvalue weighted by molar-refractivity contribution is 0.0143. The van der Waals surface area contributed by atoms with E-state index < -0.39 is 5.92 Å². The van der Waals surface area contributed by atoms with Gasteiger partial charge in [-0.2, -0.15) is 0 Å². The van der Waals surface area contributed by atoms with E-state index in [4.69, 9.17) is 17.3 Å². The molecule has 17 heavy (non-hydrogen) atoms. The molecule has 0 aliphatic heterocycles. The third kappa shape index (κ3) is 2.06. The molecule has 1 saturated carbocycles. The van der Waals surface area contributed by atoms with Gasteiger partial charge in [0.05, 0.1) is 5.02 Å². The molecule has 0 amide bonds. The van der Waals surface area contributed by atoms with Gasteiger partial charge in [0.1, 0.15) is 0 Å². The summed E-state index contributed by atoms with van der Waals surface area (Å²) in [4.78, 5) is 0. The molecule has 0 spiro atoms. The topological polar surface area (TPSA) is 26.0 Å². The summed E-state index contributed by atoms with van der Waals surface area (Å²) in [5, 5.41) is 0.134. The summed E-state index contributed by atoms with van der Waals surface area (Å²) in [6.45, 7) is 1.29. The largest absolute Gasteiger partial charge is 0.330 e. The summed E-state index contributed by atoms with van der Waals surface area (Å²) in [6, 6.07) is 4.98. The van der Waals surface area contributed by atoms with Gasteiger partial charge in [-0.3, -0.25) is 0 Å². The molecule has 2 N–H and O–H groups in total. The second-order valence-electron chi connectivity index (χ2n) is 4.89. The average Bonchev–Trinajstić information content (AvgIpc) is 2.14. The van der Waals surface area contributed by atoms with Crippen molar-refractivity contribution >= 4 is 11.6 Å². The summed E-state index contributed by atoms with van der Waals surface area (Å²) >= 11 is 5.94. The minimum Gasteiger partial charge on any atom is -0.330 e. The van der Waals surface area contributed by atoms with Crippen LogP contribution in [0, 0.1) is 0 Å². The predicted molar refractivity (Wildman–Crippen MR) is 65.6 cm³/mol. The summed E-state index contributed by atoms with van der Waals surface area (Å²) in [6.07, 6.45) is 2.78. The first-order valence-electron chi connectivity index (χ1n) is 5.78. The van der Waals surface area contributed by atoms with Gasteiger partial charge in [0.25, 0.3) is 5.92 Å². The number of nitrogens with two attached hydrogens (primary N) is 1. The molecule has 1 aromatic carbocycles. The zero-order chi connectivity index (χ0) is 12.7. The van der Waals surface area contributed by atoms with Crippen molar-refractivity contribution in [2.75, 3.05) is 6.54 Å². The van der Waals surface area contributed by atoms with E-state index in [1.807, 2.05) is 0 Å². The van der Waals surface area contributed by atoms with Crippen LogP contribution in [-0.4, -0.2) is 6.54 Å². The Morgan fingerprint density at radius 1 is 1.41 bits per heavy atom. The first-order valence-corrected chi connectivity index (χ1v) is 6.16. The first kappa shape index (κ1) is 12.8. The van der Waals surface area contributed by atoms with Gasteiger partial charge in [-0.15, -0.1) is 0 Å². The molecule has 0 unspecified atom stereocenters. The molecule has 1 fully saturated rings. The second-order valence-corrected chi connectivity index (χ2v) is 5.30. The Balaban J connectivity index is 2.58. The van der Waals surface area contributed by atoms with Crippen molar-refractivity contribution in [1.29, 1.82) is 0 Å². The molecule has 4 heteroatoms. The number of benzene rings is 1. The molecule has 0 atom stereocenters. The monoisotopic (exact) mass is 259 g/mol. The van der Waals surface area contributed by atoms with Crippen molar-refractivity contribution in [1.82, 2.24) is 0 Å². The summed E-state index contributed by atoms with van der Waals surface area (Å²) in [5.74, 6) is -2.93. The van der Waals surface area contributed by atoms with E-state index in [-0.39, 0.29) is 16.0 Å². The summed E-state index contributed by atoms with van der Waals surface area (Å²) in [7, 11) is 0. The maximum absolute atomic E-state index is 13.7. The maximum Gasteiger partial charge on any atom is 0.272 e. The molecular weight excluding hydrogens is 244 g/mol. The third-order valence-corrected chi connectivity index (χ3v) is 4.04. The minimum atomic E-state index is -2.93. The quantitative estimate of drug-likeness (QED) is 0.877. The molecule has 0 bridgehead atoms. The Morgan fingerprint density at radius 2 is 2.06 bits per heavy atom. The lowest BCUT2D eigenvalue weighted by Gasteiger charge is -2.43. The lowest BCUT2D eigenvalue weighted by atomic mass is 9.63. The third-order valence-electron chi connectivity index (χ3n) is 3.73. The van der Waals surface area contributed by atoms with Crippen LogP contribution >= 0.6 is 11.6 Å². The normalized spacial score (nSPS) is 18.9. The Kier molecular flexibility index (Phi) is 3.17. The lowest BCUT2D eigenvalue weighted by Crippen LogP contribution is -2.43. The highest BCUT2D eigenvalue weighted by atomic mass is 35.5. The van der Waals surface area contributed by atoms with E-state index in [1.54, 1.807) is 12.1 Å². The van der Waals surface area contributed by atoms with Gasteiger partial charge < -0.3 is 5.73 Å². The number of alkyl halides is 2. The van der Waals surface area contributed by atoms with Gasteiger partial charge in [-0.05, 0) is 24.5 Å². The molecule has 1 aliphatic carbocycles. The van der Waals surface area contributed by atoms with Crippen molar-refractivity contribution in [2.24, 2.45) is 5.73 Å². The maximum atomic E-state index is 13.7. The van der Waals surface area contributed by atoms with E-state index in [0.717, 1.165) is 26.2 Å². The molecule has 0 aromatic heterocycles. The first-order chi connectivity index (χ1) is 7.91. The molecule has 1 aromatic rings.